The highest BCUT2D eigenvalue weighted by Gasteiger charge is 2.35. The molecule has 1 aliphatic rings. The largest absolute Gasteiger partial charge is 0.496 e. The lowest BCUT2D eigenvalue weighted by Crippen LogP contribution is -2.56. The summed E-state index contributed by atoms with van der Waals surface area (Å²) in [5, 5.41) is 0. The Bertz CT molecular complexity index is 556. The van der Waals surface area contributed by atoms with E-state index in [1.165, 1.54) is 0 Å². The van der Waals surface area contributed by atoms with Crippen LogP contribution < -0.4 is 4.74 Å². The Kier molecular flexibility index (Phi) is 5.65. The summed E-state index contributed by atoms with van der Waals surface area (Å²) in [6.07, 6.45) is 0.284. The van der Waals surface area contributed by atoms with Gasteiger partial charge in [-0.25, -0.2) is 0 Å². The van der Waals surface area contributed by atoms with Crippen molar-refractivity contribution in [1.82, 2.24) is 4.90 Å². The first kappa shape index (κ1) is 17.8. The topological polar surface area (TPSA) is 48.0 Å². The Hall–Kier alpha value is -1.59. The lowest BCUT2D eigenvalue weighted by atomic mass is 10.0. The minimum Gasteiger partial charge on any atom is -0.496 e. The smallest absolute Gasteiger partial charge is 0.227 e. The van der Waals surface area contributed by atoms with Gasteiger partial charge in [0.05, 0.1) is 31.8 Å². The molecule has 128 valence electrons. The lowest BCUT2D eigenvalue weighted by molar-refractivity contribution is -0.168. The van der Waals surface area contributed by atoms with E-state index < -0.39 is 0 Å². The normalized spacial score (nSPS) is 20.4. The highest BCUT2D eigenvalue weighted by atomic mass is 16.5. The van der Waals surface area contributed by atoms with E-state index >= 15 is 0 Å². The number of methoxy groups -OCH3 is 2. The molecule has 0 bridgehead atoms. The van der Waals surface area contributed by atoms with E-state index in [2.05, 4.69) is 0 Å². The second kappa shape index (κ2) is 7.32. The molecule has 0 N–H and O–H groups in total. The number of carbonyl (C=O) groups excluding carboxylic acids is 1. The zero-order valence-corrected chi connectivity index (χ0v) is 14.7. The van der Waals surface area contributed by atoms with Gasteiger partial charge in [0.1, 0.15) is 5.75 Å². The van der Waals surface area contributed by atoms with Crippen LogP contribution in [0.2, 0.25) is 0 Å². The van der Waals surface area contributed by atoms with Gasteiger partial charge in [0.2, 0.25) is 5.91 Å². The molecule has 1 fully saturated rings. The SMILES string of the molecule is COC[C@@H]1CN(C(=O)Cc2ccc(C)c(OC)c2)CC(C)(C)O1. The molecular weight excluding hydrogens is 294 g/mol. The number of aryl methyl sites for hydroxylation is 1. The maximum atomic E-state index is 12.7. The van der Waals surface area contributed by atoms with Gasteiger partial charge in [-0.1, -0.05) is 12.1 Å². The standard InChI is InChI=1S/C18H27NO4/c1-13-6-7-14(8-16(13)22-5)9-17(20)19-10-15(11-21-4)23-18(2,3)12-19/h6-8,15H,9-12H2,1-5H3/t15-/m0/s1. The van der Waals surface area contributed by atoms with Crippen LogP contribution in [0.25, 0.3) is 0 Å². The number of hydrogen-bond donors (Lipinski definition) is 0. The van der Waals surface area contributed by atoms with Crippen LogP contribution in [0.3, 0.4) is 0 Å². The van der Waals surface area contributed by atoms with E-state index in [0.29, 0.717) is 26.1 Å². The van der Waals surface area contributed by atoms with E-state index in [1.807, 2.05) is 43.9 Å². The molecule has 1 aliphatic heterocycles. The fraction of sp³-hybridized carbons (Fsp3) is 0.611. The highest BCUT2D eigenvalue weighted by molar-refractivity contribution is 5.79. The molecule has 1 amide bonds. The van der Waals surface area contributed by atoms with Crippen LogP contribution in [-0.2, 0) is 20.7 Å². The average molecular weight is 321 g/mol. The number of rotatable bonds is 5. The van der Waals surface area contributed by atoms with Gasteiger partial charge in [-0.3, -0.25) is 4.79 Å². The van der Waals surface area contributed by atoms with Crippen LogP contribution in [0.1, 0.15) is 25.0 Å². The predicted octanol–water partition coefficient (Wildman–Crippen LogP) is 2.20. The molecule has 1 aromatic carbocycles. The molecule has 2 rings (SSSR count). The molecule has 0 unspecified atom stereocenters. The number of nitrogens with zero attached hydrogens (tertiary/aromatic N) is 1. The van der Waals surface area contributed by atoms with Crippen molar-refractivity contribution < 1.29 is 19.0 Å². The monoisotopic (exact) mass is 321 g/mol. The average Bonchev–Trinajstić information content (AvgIpc) is 2.48. The Labute approximate surface area is 138 Å². The van der Waals surface area contributed by atoms with Gasteiger partial charge in [0.25, 0.3) is 0 Å². The van der Waals surface area contributed by atoms with Crippen LogP contribution >= 0.6 is 0 Å². The minimum atomic E-state index is -0.359. The molecule has 1 saturated heterocycles. The third-order valence-corrected chi connectivity index (χ3v) is 4.01. The summed E-state index contributed by atoms with van der Waals surface area (Å²) in [4.78, 5) is 14.6. The maximum absolute atomic E-state index is 12.7. The fourth-order valence-corrected chi connectivity index (χ4v) is 3.02. The second-order valence-electron chi connectivity index (χ2n) is 6.71. The summed E-state index contributed by atoms with van der Waals surface area (Å²) in [7, 11) is 3.30. The lowest BCUT2D eigenvalue weighted by Gasteiger charge is -2.42. The van der Waals surface area contributed by atoms with Gasteiger partial charge in [0, 0.05) is 20.2 Å². The molecule has 0 aromatic heterocycles. The number of benzene rings is 1. The van der Waals surface area contributed by atoms with Crippen molar-refractivity contribution in [3.05, 3.63) is 29.3 Å². The molecule has 0 radical (unpaired) electrons. The van der Waals surface area contributed by atoms with Crippen molar-refractivity contribution in [1.29, 1.82) is 0 Å². The number of ether oxygens (including phenoxy) is 3. The molecule has 5 heteroatoms. The Morgan fingerprint density at radius 3 is 2.78 bits per heavy atom. The second-order valence-corrected chi connectivity index (χ2v) is 6.71. The van der Waals surface area contributed by atoms with Crippen LogP contribution in [0.15, 0.2) is 18.2 Å². The van der Waals surface area contributed by atoms with Gasteiger partial charge < -0.3 is 19.1 Å². The Morgan fingerprint density at radius 2 is 2.13 bits per heavy atom. The molecule has 1 aromatic rings. The number of amides is 1. The zero-order valence-electron chi connectivity index (χ0n) is 14.7. The van der Waals surface area contributed by atoms with Crippen molar-refractivity contribution in [2.75, 3.05) is 33.9 Å². The Morgan fingerprint density at radius 1 is 1.39 bits per heavy atom. The highest BCUT2D eigenvalue weighted by Crippen LogP contribution is 2.23. The summed E-state index contributed by atoms with van der Waals surface area (Å²) in [6.45, 7) is 7.65. The first-order valence-electron chi connectivity index (χ1n) is 7.92. The fourth-order valence-electron chi connectivity index (χ4n) is 3.02. The van der Waals surface area contributed by atoms with Gasteiger partial charge in [-0.15, -0.1) is 0 Å². The van der Waals surface area contributed by atoms with E-state index in [1.54, 1.807) is 14.2 Å². The first-order chi connectivity index (χ1) is 10.8. The van der Waals surface area contributed by atoms with E-state index in [-0.39, 0.29) is 17.6 Å². The third kappa shape index (κ3) is 4.69. The van der Waals surface area contributed by atoms with E-state index in [0.717, 1.165) is 16.9 Å². The summed E-state index contributed by atoms with van der Waals surface area (Å²) in [5.74, 6) is 0.920. The van der Waals surface area contributed by atoms with Crippen molar-refractivity contribution in [3.63, 3.8) is 0 Å². The Balaban J connectivity index is 2.07. The van der Waals surface area contributed by atoms with Gasteiger partial charge in [-0.05, 0) is 38.0 Å². The van der Waals surface area contributed by atoms with Crippen LogP contribution in [0.4, 0.5) is 0 Å². The molecule has 1 atom stereocenters. The van der Waals surface area contributed by atoms with Crippen LogP contribution in [-0.4, -0.2) is 56.4 Å². The number of carbonyl (C=O) groups is 1. The van der Waals surface area contributed by atoms with Crippen LogP contribution in [0, 0.1) is 6.92 Å². The van der Waals surface area contributed by atoms with E-state index in [4.69, 9.17) is 14.2 Å². The predicted molar refractivity (Wildman–Crippen MR) is 88.8 cm³/mol. The van der Waals surface area contributed by atoms with E-state index in [9.17, 15) is 4.79 Å². The molecule has 0 aliphatic carbocycles. The molecule has 23 heavy (non-hydrogen) atoms. The van der Waals surface area contributed by atoms with Crippen molar-refractivity contribution in [2.45, 2.75) is 38.9 Å². The zero-order chi connectivity index (χ0) is 17.0. The maximum Gasteiger partial charge on any atom is 0.227 e. The minimum absolute atomic E-state index is 0.0831. The molecule has 5 nitrogen and oxygen atoms in total. The summed E-state index contributed by atoms with van der Waals surface area (Å²) < 4.78 is 16.5. The van der Waals surface area contributed by atoms with Crippen molar-refractivity contribution in [3.8, 4) is 5.75 Å². The number of morpholine rings is 1. The summed E-state index contributed by atoms with van der Waals surface area (Å²) >= 11 is 0. The van der Waals surface area contributed by atoms with Gasteiger partial charge in [0.15, 0.2) is 0 Å². The van der Waals surface area contributed by atoms with Crippen LogP contribution in [0.5, 0.6) is 5.75 Å². The number of hydrogen-bond acceptors (Lipinski definition) is 4. The molecule has 1 heterocycles. The first-order valence-corrected chi connectivity index (χ1v) is 7.92. The van der Waals surface area contributed by atoms with Gasteiger partial charge >= 0.3 is 0 Å². The van der Waals surface area contributed by atoms with Crippen molar-refractivity contribution >= 4 is 5.91 Å². The molecule has 0 spiro atoms. The molecule has 0 saturated carbocycles. The van der Waals surface area contributed by atoms with Gasteiger partial charge in [-0.2, -0.15) is 0 Å². The molecular formula is C18H27NO4. The third-order valence-electron chi connectivity index (χ3n) is 4.01. The van der Waals surface area contributed by atoms with Crippen molar-refractivity contribution in [2.24, 2.45) is 0 Å². The quantitative estimate of drug-likeness (QED) is 0.834. The summed E-state index contributed by atoms with van der Waals surface area (Å²) in [6, 6.07) is 5.90. The summed E-state index contributed by atoms with van der Waals surface area (Å²) in [5.41, 5.74) is 1.67.